The van der Waals surface area contributed by atoms with Gasteiger partial charge in [-0.3, -0.25) is 0 Å². The van der Waals surface area contributed by atoms with Crippen molar-refractivity contribution in [2.75, 3.05) is 0 Å². The van der Waals surface area contributed by atoms with Crippen molar-refractivity contribution in [3.63, 3.8) is 0 Å². The Labute approximate surface area is 461 Å². The molecule has 0 bridgehead atoms. The van der Waals surface area contributed by atoms with Crippen LogP contribution in [0.1, 0.15) is 19.4 Å². The predicted octanol–water partition coefficient (Wildman–Crippen LogP) is 18.2. The van der Waals surface area contributed by atoms with Crippen LogP contribution in [0.5, 0.6) is 0 Å². The van der Waals surface area contributed by atoms with Gasteiger partial charge in [0.15, 0.2) is 0 Å². The summed E-state index contributed by atoms with van der Waals surface area (Å²) >= 11 is 0. The molecule has 4 heteroatoms. The van der Waals surface area contributed by atoms with E-state index in [4.69, 9.17) is 8.22 Å². The maximum Gasteiger partial charge on any atom is 3.00 e. The van der Waals surface area contributed by atoms with Crippen LogP contribution in [0.4, 0.5) is 0 Å². The van der Waals surface area contributed by atoms with Crippen molar-refractivity contribution in [2.24, 2.45) is 0 Å². The van der Waals surface area contributed by atoms with E-state index in [2.05, 4.69) is 179 Å². The molecule has 0 saturated heterocycles. The van der Waals surface area contributed by atoms with Gasteiger partial charge in [-0.15, -0.1) is 83.4 Å². The van der Waals surface area contributed by atoms with Crippen LogP contribution in [-0.4, -0.2) is 15.0 Å². The summed E-state index contributed by atoms with van der Waals surface area (Å²) in [4.78, 5) is 13.7. The van der Waals surface area contributed by atoms with Crippen molar-refractivity contribution in [2.45, 2.75) is 13.7 Å². The molecule has 0 fully saturated rings. The van der Waals surface area contributed by atoms with Gasteiger partial charge in [-0.2, -0.15) is 0 Å². The monoisotopic (exact) mass is 1140 g/mol. The average Bonchev–Trinajstić information content (AvgIpc) is 3.59. The van der Waals surface area contributed by atoms with Gasteiger partial charge in [0.25, 0.3) is 0 Å². The fourth-order valence-corrected chi connectivity index (χ4v) is 9.76. The first kappa shape index (κ1) is 41.5. The number of aromatic nitrogens is 3. The molecule has 0 amide bonds. The Hall–Kier alpha value is -8.92. The second-order valence-corrected chi connectivity index (χ2v) is 18.1. The Kier molecular flexibility index (Phi) is 12.0. The van der Waals surface area contributed by atoms with Gasteiger partial charge in [0.1, 0.15) is 0 Å². The molecular formula is C71H48IrN3. The Morgan fingerprint density at radius 1 is 0.293 bits per heavy atom. The van der Waals surface area contributed by atoms with E-state index >= 15 is 0 Å². The van der Waals surface area contributed by atoms with E-state index in [1.54, 1.807) is 12.4 Å². The molecular weight excluding hydrogens is 1090 g/mol. The van der Waals surface area contributed by atoms with Gasteiger partial charge in [0.05, 0.1) is 0 Å². The first-order valence-electron chi connectivity index (χ1n) is 27.5. The maximum atomic E-state index is 8.34. The Morgan fingerprint density at radius 2 is 0.733 bits per heavy atom. The number of aryl methyl sites for hydroxylation is 2. The van der Waals surface area contributed by atoms with Gasteiger partial charge < -0.3 is 15.0 Å². The molecule has 3 nitrogen and oxygen atoms in total. The van der Waals surface area contributed by atoms with Gasteiger partial charge in [0.2, 0.25) is 0 Å². The van der Waals surface area contributed by atoms with E-state index in [1.165, 1.54) is 12.3 Å². The van der Waals surface area contributed by atoms with Gasteiger partial charge in [-0.05, 0) is 117 Å². The minimum absolute atomic E-state index is 0. The fraction of sp³-hybridized carbons (Fsp3) is 0.0282. The fourth-order valence-electron chi connectivity index (χ4n) is 9.76. The van der Waals surface area contributed by atoms with Crippen LogP contribution in [0.3, 0.4) is 0 Å². The smallest absolute Gasteiger partial charge is 0.305 e. The van der Waals surface area contributed by atoms with Gasteiger partial charge in [-0.1, -0.05) is 202 Å². The summed E-state index contributed by atoms with van der Waals surface area (Å²) in [6.45, 7) is -5.37. The van der Waals surface area contributed by atoms with Gasteiger partial charge in [0, 0.05) is 26.8 Å². The number of benzene rings is 9. The molecule has 0 aliphatic carbocycles. The quantitative estimate of drug-likeness (QED) is 0.121. The summed E-state index contributed by atoms with van der Waals surface area (Å²) in [7, 11) is 0. The third kappa shape index (κ3) is 10.1. The molecule has 12 rings (SSSR count). The van der Waals surface area contributed by atoms with E-state index in [0.717, 1.165) is 112 Å². The Balaban J connectivity index is 0.00000690. The standard InChI is InChI=1S/C71H48N3.Ir/c1-48-42-71(74-47-49(48)2)57-38-39-67(68(46-57)54-28-26-51(27-29-54)50-16-4-3-5-17-50)66-23-11-10-22-65(66)60-44-58(63-20-8-6-18-61(63)52-30-34-55(35-31-52)69-24-12-14-40-72-69)43-59(45-60)64-21-9-7-19-62(64)53-32-36-56(37-33-53)70-25-13-15-41-73-70;/h3-34,36,39-47H,1-2H3;/q-3;+3/i1D3,2D3;. The minimum atomic E-state index is -2.70. The van der Waals surface area contributed by atoms with Gasteiger partial charge >= 0.3 is 20.1 Å². The maximum absolute atomic E-state index is 8.34. The van der Waals surface area contributed by atoms with E-state index in [-0.39, 0.29) is 31.2 Å². The van der Waals surface area contributed by atoms with E-state index in [9.17, 15) is 0 Å². The molecule has 3 aromatic heterocycles. The average molecular weight is 1140 g/mol. The summed E-state index contributed by atoms with van der Waals surface area (Å²) in [6, 6.07) is 90.8. The second kappa shape index (κ2) is 21.7. The number of hydrogen-bond donors (Lipinski definition) is 0. The summed E-state index contributed by atoms with van der Waals surface area (Å²) < 4.78 is 49.4. The largest absolute Gasteiger partial charge is 3.00 e. The van der Waals surface area contributed by atoms with E-state index < -0.39 is 13.7 Å². The molecule has 0 N–H and O–H groups in total. The van der Waals surface area contributed by atoms with Crippen LogP contribution < -0.4 is 0 Å². The summed E-state index contributed by atoms with van der Waals surface area (Å²) in [5.74, 6) is 0. The van der Waals surface area contributed by atoms with Gasteiger partial charge in [-0.25, -0.2) is 0 Å². The van der Waals surface area contributed by atoms with Crippen LogP contribution in [0.15, 0.2) is 255 Å². The predicted molar refractivity (Wildman–Crippen MR) is 306 cm³/mol. The van der Waals surface area contributed by atoms with Crippen LogP contribution in [0.25, 0.3) is 123 Å². The topological polar surface area (TPSA) is 38.7 Å². The van der Waals surface area contributed by atoms with E-state index in [1.807, 2.05) is 84.9 Å². The number of nitrogens with zero attached hydrogens (tertiary/aromatic N) is 3. The second-order valence-electron chi connectivity index (χ2n) is 18.1. The third-order valence-electron chi connectivity index (χ3n) is 13.5. The van der Waals surface area contributed by atoms with Crippen LogP contribution in [0.2, 0.25) is 0 Å². The van der Waals surface area contributed by atoms with Crippen molar-refractivity contribution < 1.29 is 28.3 Å². The molecule has 3 heterocycles. The number of pyridine rings is 3. The van der Waals surface area contributed by atoms with Crippen molar-refractivity contribution in [1.29, 1.82) is 0 Å². The van der Waals surface area contributed by atoms with Crippen molar-refractivity contribution in [3.05, 3.63) is 285 Å². The molecule has 0 aliphatic heterocycles. The molecule has 356 valence electrons. The molecule has 12 aromatic rings. The minimum Gasteiger partial charge on any atom is -0.305 e. The molecule has 0 spiro atoms. The Bertz CT molecular complexity index is 4020. The summed E-state index contributed by atoms with van der Waals surface area (Å²) in [6.07, 6.45) is 4.76. The third-order valence-corrected chi connectivity index (χ3v) is 13.5. The molecule has 0 aliphatic rings. The summed E-state index contributed by atoms with van der Waals surface area (Å²) in [5, 5.41) is 0. The van der Waals surface area contributed by atoms with Crippen LogP contribution in [-0.2, 0) is 20.1 Å². The zero-order chi connectivity index (χ0) is 54.8. The zero-order valence-corrected chi connectivity index (χ0v) is 42.8. The zero-order valence-electron chi connectivity index (χ0n) is 46.4. The molecule has 0 unspecified atom stereocenters. The first-order valence-corrected chi connectivity index (χ1v) is 24.5. The normalized spacial score (nSPS) is 12.5. The molecule has 0 saturated carbocycles. The SMILES string of the molecule is [2H]C([2H])([2H])c1cnc(-c2[c-]cc(-c3ccccc3-c3cc(-c4ccccc4-c4c[c-]c(-c5ccccn5)cc4)cc(-c4ccccc4-c4c[c-]c(-c5ccccn5)cc4)c3)c(-c3ccc(-c4ccccc4)cc3)c2)cc1C([2H])([2H])[2H].[Ir+3]. The van der Waals surface area contributed by atoms with Crippen molar-refractivity contribution in [1.82, 2.24) is 15.0 Å². The molecule has 9 aromatic carbocycles. The molecule has 75 heavy (non-hydrogen) atoms. The Morgan fingerprint density at radius 3 is 1.23 bits per heavy atom. The number of rotatable bonds is 11. The van der Waals surface area contributed by atoms with Crippen LogP contribution >= 0.6 is 0 Å². The van der Waals surface area contributed by atoms with Crippen molar-refractivity contribution in [3.8, 4) is 123 Å². The molecule has 0 radical (unpaired) electrons. The summed E-state index contributed by atoms with van der Waals surface area (Å²) in [5.41, 5.74) is 19.7. The molecule has 0 atom stereocenters. The van der Waals surface area contributed by atoms with Crippen LogP contribution in [0, 0.1) is 31.9 Å². The first-order chi connectivity index (χ1) is 38.9. The van der Waals surface area contributed by atoms with Crippen molar-refractivity contribution >= 4 is 0 Å². The number of hydrogen-bond acceptors (Lipinski definition) is 3. The van der Waals surface area contributed by atoms with E-state index in [0.29, 0.717) is 11.3 Å².